The lowest BCUT2D eigenvalue weighted by atomic mass is 10.1. The molecule has 0 N–H and O–H groups in total. The van der Waals surface area contributed by atoms with Crippen LogP contribution in [0.25, 0.3) is 0 Å². The molecule has 1 aliphatic heterocycles. The molecule has 1 aromatic heterocycles. The fourth-order valence-electron chi connectivity index (χ4n) is 4.71. The van der Waals surface area contributed by atoms with Crippen molar-refractivity contribution in [3.63, 3.8) is 0 Å². The third-order valence-corrected chi connectivity index (χ3v) is 6.38. The zero-order chi connectivity index (χ0) is 21.2. The van der Waals surface area contributed by atoms with Crippen molar-refractivity contribution in [1.82, 2.24) is 24.8 Å². The van der Waals surface area contributed by atoms with Crippen LogP contribution in [-0.2, 0) is 19.4 Å². The number of carbonyl (C=O) groups excluding carboxylic acids is 1. The van der Waals surface area contributed by atoms with E-state index in [1.54, 1.807) is 23.0 Å². The summed E-state index contributed by atoms with van der Waals surface area (Å²) in [6, 6.07) is 15.5. The molecule has 160 valence electrons. The first kappa shape index (κ1) is 19.9. The standard InChI is InChI=1S/C24H26FN5O/c25-21-8-6-18(7-9-21)16-30-17-23(26-27-30)24(31)29-11-3-10-28(12-13-29)22-14-19-4-1-2-5-20(19)15-22/h1-2,4-9,17,22H,3,10-16H2. The van der Waals surface area contributed by atoms with E-state index in [-0.39, 0.29) is 11.7 Å². The molecule has 0 radical (unpaired) electrons. The highest BCUT2D eigenvalue weighted by Crippen LogP contribution is 2.26. The third kappa shape index (κ3) is 4.37. The largest absolute Gasteiger partial charge is 0.336 e. The average Bonchev–Trinajstić information content (AvgIpc) is 3.35. The summed E-state index contributed by atoms with van der Waals surface area (Å²) in [5, 5.41) is 8.18. The maximum Gasteiger partial charge on any atom is 0.276 e. The molecule has 6 nitrogen and oxygen atoms in total. The number of benzene rings is 2. The second kappa shape index (κ2) is 8.59. The third-order valence-electron chi connectivity index (χ3n) is 6.38. The van der Waals surface area contributed by atoms with Gasteiger partial charge in [0.1, 0.15) is 5.82 Å². The molecule has 0 spiro atoms. The minimum atomic E-state index is -0.269. The number of fused-ring (bicyclic) bond motifs is 1. The van der Waals surface area contributed by atoms with E-state index >= 15 is 0 Å². The molecule has 31 heavy (non-hydrogen) atoms. The first-order valence-electron chi connectivity index (χ1n) is 10.9. The Bertz CT molecular complexity index is 1040. The maximum absolute atomic E-state index is 13.1. The molecule has 5 rings (SSSR count). The Labute approximate surface area is 181 Å². The molecule has 1 saturated heterocycles. The van der Waals surface area contributed by atoms with Crippen molar-refractivity contribution in [1.29, 1.82) is 0 Å². The molecule has 2 aromatic carbocycles. The van der Waals surface area contributed by atoms with Crippen LogP contribution in [0.15, 0.2) is 54.7 Å². The maximum atomic E-state index is 13.1. The zero-order valence-corrected chi connectivity index (χ0v) is 17.5. The number of rotatable bonds is 4. The van der Waals surface area contributed by atoms with E-state index in [1.165, 1.54) is 23.3 Å². The first-order valence-corrected chi connectivity index (χ1v) is 10.9. The topological polar surface area (TPSA) is 54.3 Å². The summed E-state index contributed by atoms with van der Waals surface area (Å²) in [5.74, 6) is -0.336. The van der Waals surface area contributed by atoms with E-state index in [0.717, 1.165) is 44.5 Å². The summed E-state index contributed by atoms with van der Waals surface area (Å²) in [6.45, 7) is 3.79. The fourth-order valence-corrected chi connectivity index (χ4v) is 4.71. The Morgan fingerprint density at radius 3 is 2.45 bits per heavy atom. The second-order valence-electron chi connectivity index (χ2n) is 8.44. The van der Waals surface area contributed by atoms with Crippen LogP contribution in [0.5, 0.6) is 0 Å². The summed E-state index contributed by atoms with van der Waals surface area (Å²) in [7, 11) is 0. The van der Waals surface area contributed by atoms with Crippen LogP contribution in [0.3, 0.4) is 0 Å². The van der Waals surface area contributed by atoms with Crippen LogP contribution in [0, 0.1) is 5.82 Å². The molecule has 1 fully saturated rings. The predicted octanol–water partition coefficient (Wildman–Crippen LogP) is 2.78. The van der Waals surface area contributed by atoms with Crippen molar-refractivity contribution in [3.8, 4) is 0 Å². The first-order chi connectivity index (χ1) is 15.2. The van der Waals surface area contributed by atoms with Crippen LogP contribution in [0.4, 0.5) is 4.39 Å². The van der Waals surface area contributed by atoms with Crippen molar-refractivity contribution < 1.29 is 9.18 Å². The number of hydrogen-bond acceptors (Lipinski definition) is 4. The Hall–Kier alpha value is -3.06. The Balaban J connectivity index is 1.19. The van der Waals surface area contributed by atoms with Gasteiger partial charge in [0, 0.05) is 32.2 Å². The fraction of sp³-hybridized carbons (Fsp3) is 0.375. The molecule has 0 atom stereocenters. The normalized spacial score (nSPS) is 17.5. The van der Waals surface area contributed by atoms with Gasteiger partial charge in [0.2, 0.25) is 0 Å². The van der Waals surface area contributed by atoms with Gasteiger partial charge in [-0.25, -0.2) is 9.07 Å². The van der Waals surface area contributed by atoms with E-state index in [4.69, 9.17) is 0 Å². The Morgan fingerprint density at radius 2 is 1.71 bits per heavy atom. The van der Waals surface area contributed by atoms with Crippen molar-refractivity contribution in [3.05, 3.63) is 82.9 Å². The average molecular weight is 420 g/mol. The molecule has 3 aromatic rings. The van der Waals surface area contributed by atoms with Gasteiger partial charge >= 0.3 is 0 Å². The quantitative estimate of drug-likeness (QED) is 0.653. The number of nitrogens with zero attached hydrogens (tertiary/aromatic N) is 5. The van der Waals surface area contributed by atoms with Gasteiger partial charge in [0.25, 0.3) is 5.91 Å². The van der Waals surface area contributed by atoms with Crippen LogP contribution >= 0.6 is 0 Å². The Morgan fingerprint density at radius 1 is 0.968 bits per heavy atom. The molecule has 2 aliphatic rings. The minimum absolute atomic E-state index is 0.0677. The van der Waals surface area contributed by atoms with Crippen molar-refractivity contribution >= 4 is 5.91 Å². The minimum Gasteiger partial charge on any atom is -0.336 e. The van der Waals surface area contributed by atoms with Gasteiger partial charge in [-0.1, -0.05) is 41.6 Å². The van der Waals surface area contributed by atoms with Crippen LogP contribution in [0.1, 0.15) is 33.6 Å². The molecule has 7 heteroatoms. The lowest BCUT2D eigenvalue weighted by Crippen LogP contribution is -2.40. The molecular formula is C24H26FN5O. The van der Waals surface area contributed by atoms with Crippen LogP contribution in [-0.4, -0.2) is 62.9 Å². The smallest absolute Gasteiger partial charge is 0.276 e. The van der Waals surface area contributed by atoms with Crippen molar-refractivity contribution in [2.75, 3.05) is 26.2 Å². The van der Waals surface area contributed by atoms with E-state index in [0.29, 0.717) is 24.8 Å². The van der Waals surface area contributed by atoms with Crippen molar-refractivity contribution in [2.45, 2.75) is 31.8 Å². The molecule has 2 heterocycles. The summed E-state index contributed by atoms with van der Waals surface area (Å²) >= 11 is 0. The molecular weight excluding hydrogens is 393 g/mol. The highest BCUT2D eigenvalue weighted by atomic mass is 19.1. The highest BCUT2D eigenvalue weighted by Gasteiger charge is 2.29. The number of hydrogen-bond donors (Lipinski definition) is 0. The lowest BCUT2D eigenvalue weighted by Gasteiger charge is -2.27. The van der Waals surface area contributed by atoms with Gasteiger partial charge in [0.15, 0.2) is 5.69 Å². The number of aromatic nitrogens is 3. The summed E-state index contributed by atoms with van der Waals surface area (Å²) in [4.78, 5) is 17.4. The summed E-state index contributed by atoms with van der Waals surface area (Å²) in [6.07, 6.45) is 4.84. The molecule has 0 bridgehead atoms. The molecule has 1 amide bonds. The summed E-state index contributed by atoms with van der Waals surface area (Å²) < 4.78 is 14.7. The van der Waals surface area contributed by atoms with Gasteiger partial charge in [0.05, 0.1) is 12.7 Å². The SMILES string of the molecule is O=C(c1cn(Cc2ccc(F)cc2)nn1)N1CCCN(C2Cc3ccccc3C2)CC1. The van der Waals surface area contributed by atoms with E-state index in [1.807, 2.05) is 4.90 Å². The van der Waals surface area contributed by atoms with E-state index in [9.17, 15) is 9.18 Å². The highest BCUT2D eigenvalue weighted by molar-refractivity contribution is 5.91. The number of halogens is 1. The lowest BCUT2D eigenvalue weighted by molar-refractivity contribution is 0.0752. The van der Waals surface area contributed by atoms with Gasteiger partial charge in [-0.2, -0.15) is 0 Å². The van der Waals surface area contributed by atoms with Gasteiger partial charge in [-0.15, -0.1) is 5.10 Å². The van der Waals surface area contributed by atoms with Crippen LogP contribution in [0.2, 0.25) is 0 Å². The Kier molecular flexibility index (Phi) is 5.51. The number of amides is 1. The van der Waals surface area contributed by atoms with Gasteiger partial charge < -0.3 is 4.90 Å². The predicted molar refractivity (Wildman–Crippen MR) is 115 cm³/mol. The second-order valence-corrected chi connectivity index (χ2v) is 8.44. The van der Waals surface area contributed by atoms with Crippen LogP contribution < -0.4 is 0 Å². The summed E-state index contributed by atoms with van der Waals surface area (Å²) in [5.41, 5.74) is 4.20. The zero-order valence-electron chi connectivity index (χ0n) is 17.5. The van der Waals surface area contributed by atoms with E-state index < -0.39 is 0 Å². The monoisotopic (exact) mass is 419 g/mol. The van der Waals surface area contributed by atoms with Gasteiger partial charge in [-0.3, -0.25) is 9.69 Å². The molecule has 0 unspecified atom stereocenters. The van der Waals surface area contributed by atoms with Crippen molar-refractivity contribution in [2.24, 2.45) is 0 Å². The van der Waals surface area contributed by atoms with Gasteiger partial charge in [-0.05, 0) is 48.1 Å². The number of carbonyl (C=O) groups is 1. The molecule has 0 saturated carbocycles. The molecule has 1 aliphatic carbocycles. The van der Waals surface area contributed by atoms with E-state index in [2.05, 4.69) is 39.5 Å².